The molecule has 1 amide bonds. The van der Waals surface area contributed by atoms with Crippen molar-refractivity contribution in [3.63, 3.8) is 0 Å². The molecule has 1 aliphatic heterocycles. The molecule has 1 N–H and O–H groups in total. The Morgan fingerprint density at radius 1 is 1.47 bits per heavy atom. The van der Waals surface area contributed by atoms with E-state index in [1.807, 2.05) is 18.7 Å². The monoisotopic (exact) mass is 214 g/mol. The smallest absolute Gasteiger partial charge is 0.236 e. The summed E-state index contributed by atoms with van der Waals surface area (Å²) in [5.41, 5.74) is 0. The number of β-amino-alcohol motifs (C(OH)–C–C–N with tert-alkyl or cyclic N) is 1. The predicted molar refractivity (Wildman–Crippen MR) is 59.6 cm³/mol. The SMILES string of the molecule is CCN(CC)C(=O)CN1CCC[C@H](O)C1. The van der Waals surface area contributed by atoms with Gasteiger partial charge in [-0.15, -0.1) is 0 Å². The molecule has 4 nitrogen and oxygen atoms in total. The van der Waals surface area contributed by atoms with Crippen LogP contribution in [0.1, 0.15) is 26.7 Å². The van der Waals surface area contributed by atoms with Gasteiger partial charge in [0, 0.05) is 19.6 Å². The summed E-state index contributed by atoms with van der Waals surface area (Å²) in [6.45, 7) is 7.56. The lowest BCUT2D eigenvalue weighted by molar-refractivity contribution is -0.132. The Labute approximate surface area is 91.9 Å². The lowest BCUT2D eigenvalue weighted by Crippen LogP contribution is -2.45. The molecule has 0 aromatic rings. The molecule has 0 radical (unpaired) electrons. The number of likely N-dealkylation sites (tertiary alicyclic amines) is 1. The molecule has 0 aliphatic carbocycles. The van der Waals surface area contributed by atoms with Crippen LogP contribution in [0.4, 0.5) is 0 Å². The number of nitrogens with zero attached hydrogens (tertiary/aromatic N) is 2. The number of likely N-dealkylation sites (N-methyl/N-ethyl adjacent to an activating group) is 1. The minimum absolute atomic E-state index is 0.175. The topological polar surface area (TPSA) is 43.8 Å². The van der Waals surface area contributed by atoms with Gasteiger partial charge in [-0.2, -0.15) is 0 Å². The van der Waals surface area contributed by atoms with Gasteiger partial charge in [-0.25, -0.2) is 0 Å². The molecule has 1 rings (SSSR count). The molecule has 15 heavy (non-hydrogen) atoms. The van der Waals surface area contributed by atoms with Crippen LogP contribution in [0.2, 0.25) is 0 Å². The van der Waals surface area contributed by atoms with Gasteiger partial charge in [-0.05, 0) is 33.2 Å². The Morgan fingerprint density at radius 3 is 2.67 bits per heavy atom. The van der Waals surface area contributed by atoms with Gasteiger partial charge in [0.15, 0.2) is 0 Å². The maximum absolute atomic E-state index is 11.8. The minimum Gasteiger partial charge on any atom is -0.392 e. The second kappa shape index (κ2) is 6.08. The van der Waals surface area contributed by atoms with Crippen molar-refractivity contribution < 1.29 is 9.90 Å². The molecule has 88 valence electrons. The van der Waals surface area contributed by atoms with Crippen molar-refractivity contribution in [1.82, 2.24) is 9.80 Å². The number of carbonyl (C=O) groups excluding carboxylic acids is 1. The largest absolute Gasteiger partial charge is 0.392 e. The van der Waals surface area contributed by atoms with Crippen molar-refractivity contribution in [3.05, 3.63) is 0 Å². The summed E-state index contributed by atoms with van der Waals surface area (Å²) in [5, 5.41) is 9.48. The lowest BCUT2D eigenvalue weighted by Gasteiger charge is -2.31. The highest BCUT2D eigenvalue weighted by Crippen LogP contribution is 2.09. The van der Waals surface area contributed by atoms with Gasteiger partial charge in [-0.1, -0.05) is 0 Å². The Morgan fingerprint density at radius 2 is 2.13 bits per heavy atom. The number of carbonyl (C=O) groups is 1. The van der Waals surface area contributed by atoms with E-state index in [0.717, 1.165) is 32.5 Å². The van der Waals surface area contributed by atoms with Crippen LogP contribution in [-0.4, -0.2) is 59.6 Å². The highest BCUT2D eigenvalue weighted by molar-refractivity contribution is 5.78. The summed E-state index contributed by atoms with van der Waals surface area (Å²) in [6, 6.07) is 0. The number of piperidine rings is 1. The highest BCUT2D eigenvalue weighted by atomic mass is 16.3. The summed E-state index contributed by atoms with van der Waals surface area (Å²) >= 11 is 0. The molecule has 0 bridgehead atoms. The molecule has 1 atom stereocenters. The fourth-order valence-corrected chi connectivity index (χ4v) is 2.04. The van der Waals surface area contributed by atoms with Crippen LogP contribution in [0.15, 0.2) is 0 Å². The summed E-state index contributed by atoms with van der Waals surface area (Å²) in [4.78, 5) is 15.7. The van der Waals surface area contributed by atoms with E-state index in [2.05, 4.69) is 4.90 Å². The second-order valence-electron chi connectivity index (χ2n) is 4.10. The maximum atomic E-state index is 11.8. The van der Waals surface area contributed by atoms with E-state index in [-0.39, 0.29) is 12.0 Å². The molecule has 1 heterocycles. The van der Waals surface area contributed by atoms with Crippen molar-refractivity contribution in [2.24, 2.45) is 0 Å². The third kappa shape index (κ3) is 3.80. The molecule has 0 aromatic heterocycles. The Balaban J connectivity index is 2.36. The van der Waals surface area contributed by atoms with E-state index in [9.17, 15) is 9.90 Å². The van der Waals surface area contributed by atoms with Gasteiger partial charge in [0.2, 0.25) is 5.91 Å². The third-order valence-electron chi connectivity index (χ3n) is 2.96. The normalized spacial score (nSPS) is 22.7. The second-order valence-corrected chi connectivity index (χ2v) is 4.10. The molecule has 1 fully saturated rings. The zero-order chi connectivity index (χ0) is 11.3. The van der Waals surface area contributed by atoms with E-state index in [0.29, 0.717) is 13.1 Å². The first-order valence-corrected chi connectivity index (χ1v) is 5.85. The fraction of sp³-hybridized carbons (Fsp3) is 0.909. The zero-order valence-corrected chi connectivity index (χ0v) is 9.78. The van der Waals surface area contributed by atoms with Crippen molar-refractivity contribution in [1.29, 1.82) is 0 Å². The lowest BCUT2D eigenvalue weighted by atomic mass is 10.1. The first-order chi connectivity index (χ1) is 7.17. The van der Waals surface area contributed by atoms with E-state index < -0.39 is 0 Å². The predicted octanol–water partition coefficient (Wildman–Crippen LogP) is 0.311. The minimum atomic E-state index is -0.247. The molecule has 0 saturated carbocycles. The maximum Gasteiger partial charge on any atom is 0.236 e. The Bertz CT molecular complexity index is 205. The molecule has 0 unspecified atom stereocenters. The average Bonchev–Trinajstić information content (AvgIpc) is 2.19. The van der Waals surface area contributed by atoms with Gasteiger partial charge in [0.1, 0.15) is 0 Å². The summed E-state index contributed by atoms with van der Waals surface area (Å²) in [6.07, 6.45) is 1.62. The van der Waals surface area contributed by atoms with Crippen LogP contribution >= 0.6 is 0 Å². The van der Waals surface area contributed by atoms with Gasteiger partial charge in [0.25, 0.3) is 0 Å². The van der Waals surface area contributed by atoms with Crippen molar-refractivity contribution in [3.8, 4) is 0 Å². The molecule has 1 saturated heterocycles. The molecule has 1 aliphatic rings. The quantitative estimate of drug-likeness (QED) is 0.732. The molecule has 0 spiro atoms. The first kappa shape index (κ1) is 12.5. The fourth-order valence-electron chi connectivity index (χ4n) is 2.04. The van der Waals surface area contributed by atoms with Crippen molar-refractivity contribution in [2.75, 3.05) is 32.7 Å². The van der Waals surface area contributed by atoms with Crippen LogP contribution in [0.3, 0.4) is 0 Å². The molecular formula is C11H22N2O2. The van der Waals surface area contributed by atoms with Gasteiger partial charge in [-0.3, -0.25) is 9.69 Å². The van der Waals surface area contributed by atoms with Crippen LogP contribution in [0, 0.1) is 0 Å². The van der Waals surface area contributed by atoms with Crippen molar-refractivity contribution >= 4 is 5.91 Å². The van der Waals surface area contributed by atoms with Crippen LogP contribution in [-0.2, 0) is 4.79 Å². The van der Waals surface area contributed by atoms with E-state index >= 15 is 0 Å². The van der Waals surface area contributed by atoms with Gasteiger partial charge >= 0.3 is 0 Å². The standard InChI is InChI=1S/C11H22N2O2/c1-3-13(4-2)11(15)9-12-7-5-6-10(14)8-12/h10,14H,3-9H2,1-2H3/t10-/m0/s1. The first-order valence-electron chi connectivity index (χ1n) is 5.85. The average molecular weight is 214 g/mol. The van der Waals surface area contributed by atoms with E-state index in [4.69, 9.17) is 0 Å². The molecule has 4 heteroatoms. The Hall–Kier alpha value is -0.610. The van der Waals surface area contributed by atoms with Crippen LogP contribution in [0.5, 0.6) is 0 Å². The number of aliphatic hydroxyl groups excluding tert-OH is 1. The Kier molecular flexibility index (Phi) is 5.05. The van der Waals surface area contributed by atoms with Gasteiger partial charge in [0.05, 0.1) is 12.6 Å². The van der Waals surface area contributed by atoms with Crippen LogP contribution < -0.4 is 0 Å². The number of amides is 1. The summed E-state index contributed by atoms with van der Waals surface area (Å²) in [7, 11) is 0. The third-order valence-corrected chi connectivity index (χ3v) is 2.96. The van der Waals surface area contributed by atoms with E-state index in [1.165, 1.54) is 0 Å². The number of aliphatic hydroxyl groups is 1. The van der Waals surface area contributed by atoms with Crippen LogP contribution in [0.25, 0.3) is 0 Å². The number of hydrogen-bond acceptors (Lipinski definition) is 3. The summed E-state index contributed by atoms with van der Waals surface area (Å²) in [5.74, 6) is 0.175. The number of rotatable bonds is 4. The number of hydrogen-bond donors (Lipinski definition) is 1. The molecular weight excluding hydrogens is 192 g/mol. The van der Waals surface area contributed by atoms with E-state index in [1.54, 1.807) is 0 Å². The highest BCUT2D eigenvalue weighted by Gasteiger charge is 2.21. The molecule has 0 aromatic carbocycles. The van der Waals surface area contributed by atoms with Gasteiger partial charge < -0.3 is 10.0 Å². The summed E-state index contributed by atoms with van der Waals surface area (Å²) < 4.78 is 0. The zero-order valence-electron chi connectivity index (χ0n) is 9.78. The van der Waals surface area contributed by atoms with Crippen molar-refractivity contribution in [2.45, 2.75) is 32.8 Å².